The number of aromatic nitrogens is 5. The summed E-state index contributed by atoms with van der Waals surface area (Å²) >= 11 is 2.71. The number of H-pyrrole nitrogens is 1. The number of fused-ring (bicyclic) bond motifs is 3. The van der Waals surface area contributed by atoms with Crippen molar-refractivity contribution >= 4 is 56.2 Å². The SMILES string of the molecule is CC[C@@H](Sc1nnc2c(n1)[nH]c1ccccc12)C(=O)Nc1nc(-c2ccccc2)cs1. The Morgan fingerprint density at radius 2 is 1.90 bits per heavy atom. The number of carbonyl (C=O) groups excluding carboxylic acids is 1. The van der Waals surface area contributed by atoms with Crippen LogP contribution in [0.4, 0.5) is 5.13 Å². The lowest BCUT2D eigenvalue weighted by Gasteiger charge is -2.11. The van der Waals surface area contributed by atoms with E-state index >= 15 is 0 Å². The van der Waals surface area contributed by atoms with Crippen LogP contribution in [0.3, 0.4) is 0 Å². The minimum absolute atomic E-state index is 0.123. The van der Waals surface area contributed by atoms with Crippen LogP contribution in [0.2, 0.25) is 0 Å². The number of nitrogens with one attached hydrogen (secondary N) is 2. The molecule has 0 unspecified atom stereocenters. The third kappa shape index (κ3) is 4.01. The zero-order valence-corrected chi connectivity index (χ0v) is 18.2. The Balaban J connectivity index is 1.32. The van der Waals surface area contributed by atoms with Gasteiger partial charge in [0.05, 0.1) is 10.9 Å². The Kier molecular flexibility index (Phi) is 5.35. The molecule has 0 aliphatic carbocycles. The van der Waals surface area contributed by atoms with Crippen molar-refractivity contribution in [3.63, 3.8) is 0 Å². The molecule has 1 atom stereocenters. The van der Waals surface area contributed by atoms with E-state index in [1.54, 1.807) is 0 Å². The monoisotopic (exact) mass is 446 g/mol. The smallest absolute Gasteiger partial charge is 0.239 e. The average molecular weight is 447 g/mol. The summed E-state index contributed by atoms with van der Waals surface area (Å²) in [6.07, 6.45) is 0.627. The standard InChI is InChI=1S/C22H18N6OS2/c1-2-17(20(29)26-21-24-16(12-30-21)13-8-4-3-5-9-13)31-22-25-19-18(27-28-22)14-10-6-7-11-15(14)23-19/h3-12,17H,2H2,1H3,(H,23,25,28)(H,24,26,29)/t17-/m1/s1. The maximum Gasteiger partial charge on any atom is 0.239 e. The second-order valence-corrected chi connectivity index (χ2v) is 8.90. The topological polar surface area (TPSA) is 96.5 Å². The summed E-state index contributed by atoms with van der Waals surface area (Å²) in [6.45, 7) is 1.96. The van der Waals surface area contributed by atoms with Gasteiger partial charge in [0.2, 0.25) is 11.1 Å². The van der Waals surface area contributed by atoms with E-state index in [-0.39, 0.29) is 11.2 Å². The molecule has 0 saturated carbocycles. The van der Waals surface area contributed by atoms with E-state index in [9.17, 15) is 4.79 Å². The fourth-order valence-corrected chi connectivity index (χ4v) is 4.81. The fourth-order valence-electron chi connectivity index (χ4n) is 3.26. The predicted molar refractivity (Wildman–Crippen MR) is 125 cm³/mol. The second kappa shape index (κ2) is 8.44. The zero-order valence-electron chi connectivity index (χ0n) is 16.6. The Morgan fingerprint density at radius 3 is 2.74 bits per heavy atom. The maximum absolute atomic E-state index is 12.8. The van der Waals surface area contributed by atoms with Crippen LogP contribution in [0.5, 0.6) is 0 Å². The van der Waals surface area contributed by atoms with Crippen molar-refractivity contribution < 1.29 is 4.79 Å². The number of thioether (sulfide) groups is 1. The molecule has 0 fully saturated rings. The van der Waals surface area contributed by atoms with Gasteiger partial charge < -0.3 is 10.3 Å². The van der Waals surface area contributed by atoms with Gasteiger partial charge in [0.15, 0.2) is 10.8 Å². The third-order valence-electron chi connectivity index (χ3n) is 4.82. The van der Waals surface area contributed by atoms with Gasteiger partial charge in [0.25, 0.3) is 0 Å². The van der Waals surface area contributed by atoms with Crippen molar-refractivity contribution in [3.05, 3.63) is 60.0 Å². The normalized spacial score (nSPS) is 12.3. The minimum atomic E-state index is -0.354. The molecule has 154 valence electrons. The lowest BCUT2D eigenvalue weighted by Crippen LogP contribution is -2.24. The van der Waals surface area contributed by atoms with E-state index < -0.39 is 0 Å². The molecular weight excluding hydrogens is 428 g/mol. The summed E-state index contributed by atoms with van der Waals surface area (Å²) < 4.78 is 0. The number of amides is 1. The summed E-state index contributed by atoms with van der Waals surface area (Å²) in [5, 5.41) is 15.1. The molecule has 5 rings (SSSR count). The van der Waals surface area contributed by atoms with Gasteiger partial charge in [-0.2, -0.15) is 0 Å². The van der Waals surface area contributed by atoms with Crippen LogP contribution in [0.25, 0.3) is 33.3 Å². The fraction of sp³-hybridized carbons (Fsp3) is 0.136. The van der Waals surface area contributed by atoms with Crippen LogP contribution < -0.4 is 5.32 Å². The highest BCUT2D eigenvalue weighted by Crippen LogP contribution is 2.28. The largest absolute Gasteiger partial charge is 0.338 e. The van der Waals surface area contributed by atoms with Crippen molar-refractivity contribution in [2.45, 2.75) is 23.8 Å². The molecule has 31 heavy (non-hydrogen) atoms. The highest BCUT2D eigenvalue weighted by Gasteiger charge is 2.22. The quantitative estimate of drug-likeness (QED) is 0.351. The highest BCUT2D eigenvalue weighted by molar-refractivity contribution is 8.00. The molecule has 3 aromatic heterocycles. The first-order valence-electron chi connectivity index (χ1n) is 9.81. The lowest BCUT2D eigenvalue weighted by atomic mass is 10.2. The number of benzene rings is 2. The molecule has 7 nitrogen and oxygen atoms in total. The average Bonchev–Trinajstić information content (AvgIpc) is 3.42. The molecule has 0 aliphatic rings. The highest BCUT2D eigenvalue weighted by atomic mass is 32.2. The number of carbonyl (C=O) groups is 1. The Morgan fingerprint density at radius 1 is 1.10 bits per heavy atom. The van der Waals surface area contributed by atoms with Crippen LogP contribution in [-0.4, -0.2) is 36.3 Å². The number of aromatic amines is 1. The van der Waals surface area contributed by atoms with Gasteiger partial charge in [-0.1, -0.05) is 67.2 Å². The van der Waals surface area contributed by atoms with Gasteiger partial charge in [0, 0.05) is 21.8 Å². The number of para-hydroxylation sites is 1. The van der Waals surface area contributed by atoms with E-state index in [1.165, 1.54) is 23.1 Å². The number of anilines is 1. The molecule has 9 heteroatoms. The summed E-state index contributed by atoms with van der Waals surface area (Å²) in [4.78, 5) is 25.2. The maximum atomic E-state index is 12.8. The van der Waals surface area contributed by atoms with Gasteiger partial charge >= 0.3 is 0 Å². The molecule has 0 radical (unpaired) electrons. The van der Waals surface area contributed by atoms with E-state index in [1.807, 2.05) is 66.9 Å². The van der Waals surface area contributed by atoms with Gasteiger partial charge in [-0.05, 0) is 12.5 Å². The second-order valence-electron chi connectivity index (χ2n) is 6.87. The van der Waals surface area contributed by atoms with E-state index in [0.717, 1.165) is 27.7 Å². The molecule has 0 bridgehead atoms. The molecule has 2 N–H and O–H groups in total. The van der Waals surface area contributed by atoms with E-state index in [2.05, 4.69) is 30.5 Å². The first-order valence-corrected chi connectivity index (χ1v) is 11.6. The summed E-state index contributed by atoms with van der Waals surface area (Å²) in [5.41, 5.74) is 4.23. The number of thiazole rings is 1. The van der Waals surface area contributed by atoms with E-state index in [0.29, 0.717) is 22.4 Å². The Bertz CT molecular complexity index is 1360. The van der Waals surface area contributed by atoms with Crippen molar-refractivity contribution in [2.24, 2.45) is 0 Å². The first kappa shape index (κ1) is 19.7. The van der Waals surface area contributed by atoms with Crippen molar-refractivity contribution in [1.82, 2.24) is 25.1 Å². The van der Waals surface area contributed by atoms with Crippen molar-refractivity contribution in [1.29, 1.82) is 0 Å². The number of hydrogen-bond donors (Lipinski definition) is 2. The summed E-state index contributed by atoms with van der Waals surface area (Å²) in [7, 11) is 0. The first-order chi connectivity index (χ1) is 15.2. The number of hydrogen-bond acceptors (Lipinski definition) is 7. The van der Waals surface area contributed by atoms with Crippen LogP contribution in [-0.2, 0) is 4.79 Å². The number of rotatable bonds is 6. The van der Waals surface area contributed by atoms with Gasteiger partial charge in [-0.15, -0.1) is 21.5 Å². The van der Waals surface area contributed by atoms with Crippen molar-refractivity contribution in [2.75, 3.05) is 5.32 Å². The van der Waals surface area contributed by atoms with Crippen molar-refractivity contribution in [3.8, 4) is 11.3 Å². The molecule has 2 aromatic carbocycles. The zero-order chi connectivity index (χ0) is 21.2. The molecule has 0 saturated heterocycles. The van der Waals surface area contributed by atoms with E-state index in [4.69, 9.17) is 0 Å². The third-order valence-corrected chi connectivity index (χ3v) is 6.79. The summed E-state index contributed by atoms with van der Waals surface area (Å²) in [5.74, 6) is -0.123. The Labute approximate surface area is 186 Å². The molecule has 0 aliphatic heterocycles. The van der Waals surface area contributed by atoms with Gasteiger partial charge in [0.1, 0.15) is 5.52 Å². The molecular formula is C22H18N6OS2. The molecule has 3 heterocycles. The van der Waals surface area contributed by atoms with Crippen LogP contribution in [0, 0.1) is 0 Å². The Hall–Kier alpha value is -3.30. The lowest BCUT2D eigenvalue weighted by molar-refractivity contribution is -0.115. The van der Waals surface area contributed by atoms with Gasteiger partial charge in [-0.3, -0.25) is 4.79 Å². The minimum Gasteiger partial charge on any atom is -0.338 e. The van der Waals surface area contributed by atoms with Crippen LogP contribution >= 0.6 is 23.1 Å². The summed E-state index contributed by atoms with van der Waals surface area (Å²) in [6, 6.07) is 17.8. The molecule has 0 spiro atoms. The molecule has 5 aromatic rings. The molecule has 1 amide bonds. The van der Waals surface area contributed by atoms with Crippen LogP contribution in [0.1, 0.15) is 13.3 Å². The van der Waals surface area contributed by atoms with Gasteiger partial charge in [-0.25, -0.2) is 9.97 Å². The predicted octanol–water partition coefficient (Wildman–Crippen LogP) is 5.14. The van der Waals surface area contributed by atoms with Crippen LogP contribution in [0.15, 0.2) is 65.1 Å². The number of nitrogens with zero attached hydrogens (tertiary/aromatic N) is 4.